The summed E-state index contributed by atoms with van der Waals surface area (Å²) >= 11 is 0. The van der Waals surface area contributed by atoms with Crippen molar-refractivity contribution in [3.8, 4) is 0 Å². The first kappa shape index (κ1) is 28.1. The number of aryl methyl sites for hydroxylation is 1. The number of piperidine rings is 1. The number of nitrogens with one attached hydrogen (secondary N) is 3. The number of aromatic nitrogens is 2. The number of anilines is 3. The second-order valence-electron chi connectivity index (χ2n) is 11.7. The molecular weight excluding hydrogens is 518 g/mol. The van der Waals surface area contributed by atoms with Crippen LogP contribution in [0.1, 0.15) is 67.6 Å². The molecule has 2 aromatic carbocycles. The average Bonchev–Trinajstić information content (AvgIpc) is 3.53. The maximum absolute atomic E-state index is 12.8. The molecule has 2 fully saturated rings. The summed E-state index contributed by atoms with van der Waals surface area (Å²) in [6.07, 6.45) is 3.71. The lowest BCUT2D eigenvalue weighted by atomic mass is 10.0. The maximum atomic E-state index is 12.8. The number of nitrogens with zero attached hydrogens (tertiary/aromatic N) is 3. The van der Waals surface area contributed by atoms with Crippen LogP contribution < -0.4 is 16.4 Å². The number of fused-ring (bicyclic) bond motifs is 2. The highest BCUT2D eigenvalue weighted by molar-refractivity contribution is 6.16. The summed E-state index contributed by atoms with van der Waals surface area (Å²) in [5, 5.41) is 15.3. The number of nitrogens with two attached hydrogens (primary N) is 1. The molecule has 2 heterocycles. The van der Waals surface area contributed by atoms with Gasteiger partial charge in [-0.1, -0.05) is 31.2 Å². The number of amides is 2. The minimum Gasteiger partial charge on any atom is -0.444 e. The SMILES string of the molecule is CCc1cccc(NC(=O)c2ccc(C(=N)c3c(N)ncnc3NC3CC4CC3N(C(=O)OC(C)(C)C)C4)cc2)c1. The fourth-order valence-electron chi connectivity index (χ4n) is 5.65. The molecule has 2 aliphatic rings. The molecule has 1 saturated heterocycles. The van der Waals surface area contributed by atoms with E-state index in [2.05, 4.69) is 27.5 Å². The van der Waals surface area contributed by atoms with Crippen LogP contribution in [-0.2, 0) is 11.2 Å². The van der Waals surface area contributed by atoms with Crippen molar-refractivity contribution in [2.45, 2.75) is 64.6 Å². The van der Waals surface area contributed by atoms with Gasteiger partial charge in [-0.15, -0.1) is 0 Å². The predicted octanol–water partition coefficient (Wildman–Crippen LogP) is 5.10. The Bertz CT molecular complexity index is 1470. The van der Waals surface area contributed by atoms with Crippen LogP contribution in [0.15, 0.2) is 54.9 Å². The minimum atomic E-state index is -0.568. The molecular formula is C31H37N7O3. The van der Waals surface area contributed by atoms with Gasteiger partial charge in [0.05, 0.1) is 17.3 Å². The number of ether oxygens (including phenoxy) is 1. The van der Waals surface area contributed by atoms with Crippen molar-refractivity contribution in [2.24, 2.45) is 5.92 Å². The summed E-state index contributed by atoms with van der Waals surface area (Å²) in [7, 11) is 0. The summed E-state index contributed by atoms with van der Waals surface area (Å²) < 4.78 is 5.63. The zero-order valence-electron chi connectivity index (χ0n) is 23.9. The molecule has 41 heavy (non-hydrogen) atoms. The average molecular weight is 556 g/mol. The molecule has 2 bridgehead atoms. The number of hydrogen-bond donors (Lipinski definition) is 4. The normalized spacial score (nSPS) is 19.6. The molecule has 1 aliphatic heterocycles. The predicted molar refractivity (Wildman–Crippen MR) is 159 cm³/mol. The third-order valence-corrected chi connectivity index (χ3v) is 7.59. The molecule has 3 atom stereocenters. The molecule has 5 N–H and O–H groups in total. The van der Waals surface area contributed by atoms with Crippen LogP contribution in [0.4, 0.5) is 22.1 Å². The largest absolute Gasteiger partial charge is 0.444 e. The number of nitrogen functional groups attached to an aromatic ring is 1. The zero-order valence-corrected chi connectivity index (χ0v) is 23.9. The van der Waals surface area contributed by atoms with Gasteiger partial charge in [0.1, 0.15) is 23.6 Å². The molecule has 1 aromatic heterocycles. The summed E-state index contributed by atoms with van der Waals surface area (Å²) in [6, 6.07) is 14.5. The topological polar surface area (TPSA) is 146 Å². The Balaban J connectivity index is 1.31. The van der Waals surface area contributed by atoms with E-state index in [1.54, 1.807) is 29.2 Å². The lowest BCUT2D eigenvalue weighted by Gasteiger charge is -2.35. The number of hydrogen-bond acceptors (Lipinski definition) is 8. The van der Waals surface area contributed by atoms with E-state index in [4.69, 9.17) is 15.9 Å². The van der Waals surface area contributed by atoms with E-state index in [0.29, 0.717) is 35.0 Å². The Morgan fingerprint density at radius 3 is 2.51 bits per heavy atom. The zero-order chi connectivity index (χ0) is 29.3. The molecule has 1 saturated carbocycles. The highest BCUT2D eigenvalue weighted by atomic mass is 16.6. The van der Waals surface area contributed by atoms with Crippen LogP contribution in [0.2, 0.25) is 0 Å². The van der Waals surface area contributed by atoms with E-state index in [1.165, 1.54) is 6.33 Å². The van der Waals surface area contributed by atoms with Gasteiger partial charge in [-0.05, 0) is 75.8 Å². The van der Waals surface area contributed by atoms with Crippen LogP contribution in [0, 0.1) is 11.3 Å². The number of carbonyl (C=O) groups excluding carboxylic acids is 2. The first-order valence-electron chi connectivity index (χ1n) is 14.0. The van der Waals surface area contributed by atoms with Crippen molar-refractivity contribution in [2.75, 3.05) is 22.9 Å². The Morgan fingerprint density at radius 2 is 1.83 bits per heavy atom. The molecule has 0 spiro atoms. The Kier molecular flexibility index (Phi) is 7.66. The molecule has 0 radical (unpaired) electrons. The van der Waals surface area contributed by atoms with E-state index in [1.807, 2.05) is 45.0 Å². The van der Waals surface area contributed by atoms with Gasteiger partial charge in [0.25, 0.3) is 5.91 Å². The van der Waals surface area contributed by atoms with Gasteiger partial charge in [-0.25, -0.2) is 14.8 Å². The summed E-state index contributed by atoms with van der Waals surface area (Å²) in [5.74, 6) is 0.765. The second-order valence-corrected chi connectivity index (χ2v) is 11.7. The van der Waals surface area contributed by atoms with Crippen molar-refractivity contribution in [1.29, 1.82) is 5.41 Å². The van der Waals surface area contributed by atoms with E-state index >= 15 is 0 Å². The smallest absolute Gasteiger partial charge is 0.410 e. The Labute approximate surface area is 240 Å². The van der Waals surface area contributed by atoms with Crippen molar-refractivity contribution < 1.29 is 14.3 Å². The van der Waals surface area contributed by atoms with Crippen LogP contribution in [0.25, 0.3) is 0 Å². The highest BCUT2D eigenvalue weighted by Crippen LogP contribution is 2.40. The van der Waals surface area contributed by atoms with Crippen LogP contribution >= 0.6 is 0 Å². The van der Waals surface area contributed by atoms with Gasteiger partial charge >= 0.3 is 6.09 Å². The molecule has 5 rings (SSSR count). The van der Waals surface area contributed by atoms with Gasteiger partial charge in [-0.3, -0.25) is 10.2 Å². The number of likely N-dealkylation sites (tertiary alicyclic amines) is 1. The molecule has 214 valence electrons. The maximum Gasteiger partial charge on any atom is 0.410 e. The molecule has 1 aliphatic carbocycles. The van der Waals surface area contributed by atoms with Crippen molar-refractivity contribution >= 4 is 35.0 Å². The Morgan fingerprint density at radius 1 is 1.10 bits per heavy atom. The standard InChI is InChI=1S/C31H37N7O3/c1-5-18-7-6-8-22(13-18)36-29(39)21-11-9-20(10-12-21)26(32)25-27(33)34-17-35-28(25)37-23-14-19-15-24(23)38(16-19)30(40)41-31(2,3)4/h6-13,17,19,23-24,32H,5,14-16H2,1-4H3,(H,36,39)(H3,33,34,35,37). The van der Waals surface area contributed by atoms with E-state index < -0.39 is 5.60 Å². The molecule has 10 heteroatoms. The van der Waals surface area contributed by atoms with Crippen LogP contribution in [-0.4, -0.2) is 56.8 Å². The fraction of sp³-hybridized carbons (Fsp3) is 0.387. The third-order valence-electron chi connectivity index (χ3n) is 7.59. The van der Waals surface area contributed by atoms with Gasteiger partial charge in [-0.2, -0.15) is 0 Å². The number of benzene rings is 2. The molecule has 2 amide bonds. The van der Waals surface area contributed by atoms with Gasteiger partial charge < -0.3 is 26.0 Å². The summed E-state index contributed by atoms with van der Waals surface area (Å²) in [6.45, 7) is 8.33. The molecule has 3 aromatic rings. The van der Waals surface area contributed by atoms with E-state index in [0.717, 1.165) is 30.5 Å². The Hall–Kier alpha value is -4.47. The lowest BCUT2D eigenvalue weighted by Crippen LogP contribution is -2.49. The van der Waals surface area contributed by atoms with Crippen LogP contribution in [0.3, 0.4) is 0 Å². The first-order valence-corrected chi connectivity index (χ1v) is 14.0. The quantitative estimate of drug-likeness (QED) is 0.297. The lowest BCUT2D eigenvalue weighted by molar-refractivity contribution is 0.0179. The summed E-state index contributed by atoms with van der Waals surface area (Å²) in [4.78, 5) is 36.0. The van der Waals surface area contributed by atoms with Crippen molar-refractivity contribution in [1.82, 2.24) is 14.9 Å². The molecule has 10 nitrogen and oxygen atoms in total. The summed E-state index contributed by atoms with van der Waals surface area (Å²) in [5.41, 5.74) is 9.14. The monoisotopic (exact) mass is 555 g/mol. The fourth-order valence-corrected chi connectivity index (χ4v) is 5.65. The second kappa shape index (κ2) is 11.2. The van der Waals surface area contributed by atoms with Gasteiger partial charge in [0.2, 0.25) is 0 Å². The number of carbonyl (C=O) groups is 2. The number of rotatable bonds is 7. The van der Waals surface area contributed by atoms with Gasteiger partial charge in [0, 0.05) is 29.4 Å². The van der Waals surface area contributed by atoms with E-state index in [-0.39, 0.29) is 35.6 Å². The first-order chi connectivity index (χ1) is 19.5. The van der Waals surface area contributed by atoms with E-state index in [9.17, 15) is 9.59 Å². The highest BCUT2D eigenvalue weighted by Gasteiger charge is 2.48. The van der Waals surface area contributed by atoms with Crippen LogP contribution in [0.5, 0.6) is 0 Å². The van der Waals surface area contributed by atoms with Crippen molar-refractivity contribution in [3.05, 3.63) is 77.1 Å². The molecule has 3 unspecified atom stereocenters. The van der Waals surface area contributed by atoms with Crippen molar-refractivity contribution in [3.63, 3.8) is 0 Å². The van der Waals surface area contributed by atoms with Gasteiger partial charge in [0.15, 0.2) is 0 Å². The third kappa shape index (κ3) is 6.16. The minimum absolute atomic E-state index is 0.0381.